The summed E-state index contributed by atoms with van der Waals surface area (Å²) in [7, 11) is 0. The Balaban J connectivity index is 1.97. The normalized spacial score (nSPS) is 19.7. The van der Waals surface area contributed by atoms with Gasteiger partial charge in [0.15, 0.2) is 0 Å². The summed E-state index contributed by atoms with van der Waals surface area (Å²) in [5, 5.41) is 4.62. The Morgan fingerprint density at radius 1 is 1.62 bits per heavy atom. The third-order valence-electron chi connectivity index (χ3n) is 2.74. The molecule has 3 nitrogen and oxygen atoms in total. The quantitative estimate of drug-likeness (QED) is 0.834. The molecule has 0 spiro atoms. The molecule has 3 heterocycles. The molecule has 84 valence electrons. The van der Waals surface area contributed by atoms with E-state index < -0.39 is 0 Å². The average molecular weight is 252 g/mol. The van der Waals surface area contributed by atoms with Gasteiger partial charge in [0.05, 0.1) is 22.7 Å². The zero-order valence-electron chi connectivity index (χ0n) is 8.90. The smallest absolute Gasteiger partial charge is 0.115 e. The van der Waals surface area contributed by atoms with Crippen LogP contribution < -0.4 is 5.32 Å². The lowest BCUT2D eigenvalue weighted by Crippen LogP contribution is -2.29. The second-order valence-electron chi connectivity index (χ2n) is 3.66. The maximum atomic E-state index is 5.47. The summed E-state index contributed by atoms with van der Waals surface area (Å²) in [4.78, 5) is 4.48. The standard InChI is InChI=1S/C11H12N2OS2/c1-15-9-6-13-11(16-9)10-7-3-5-14-8(7)2-4-12-10/h3,5-6,10,12H,2,4H2,1H3. The maximum Gasteiger partial charge on any atom is 0.115 e. The van der Waals surface area contributed by atoms with Crippen LogP contribution in [0, 0.1) is 0 Å². The predicted octanol–water partition coefficient (Wildman–Crippen LogP) is 2.69. The van der Waals surface area contributed by atoms with Crippen LogP contribution in [-0.2, 0) is 6.42 Å². The molecule has 0 bridgehead atoms. The number of nitrogens with one attached hydrogen (secondary N) is 1. The van der Waals surface area contributed by atoms with Crippen LogP contribution >= 0.6 is 23.1 Å². The minimum atomic E-state index is 0.216. The Morgan fingerprint density at radius 2 is 2.56 bits per heavy atom. The summed E-state index contributed by atoms with van der Waals surface area (Å²) in [5.41, 5.74) is 1.24. The number of hydrogen-bond donors (Lipinski definition) is 1. The highest BCUT2D eigenvalue weighted by atomic mass is 32.2. The Kier molecular flexibility index (Phi) is 2.75. The molecule has 1 aliphatic rings. The van der Waals surface area contributed by atoms with Gasteiger partial charge in [-0.05, 0) is 12.3 Å². The third kappa shape index (κ3) is 1.69. The molecular formula is C11H12N2OS2. The third-order valence-corrected chi connectivity index (χ3v) is 4.86. The first-order chi connectivity index (χ1) is 7.88. The Morgan fingerprint density at radius 3 is 3.38 bits per heavy atom. The summed E-state index contributed by atoms with van der Waals surface area (Å²) in [5.74, 6) is 1.10. The van der Waals surface area contributed by atoms with Crippen molar-refractivity contribution in [2.75, 3.05) is 12.8 Å². The highest BCUT2D eigenvalue weighted by molar-refractivity contribution is 8.00. The van der Waals surface area contributed by atoms with Crippen LogP contribution in [0.1, 0.15) is 22.4 Å². The lowest BCUT2D eigenvalue weighted by molar-refractivity contribution is 0.455. The number of thioether (sulfide) groups is 1. The molecule has 0 radical (unpaired) electrons. The first kappa shape index (κ1) is 10.4. The van der Waals surface area contributed by atoms with Crippen molar-refractivity contribution in [1.29, 1.82) is 0 Å². The molecule has 5 heteroatoms. The molecule has 0 aromatic carbocycles. The average Bonchev–Trinajstić information content (AvgIpc) is 2.97. The molecule has 1 atom stereocenters. The van der Waals surface area contributed by atoms with E-state index in [2.05, 4.69) is 16.6 Å². The monoisotopic (exact) mass is 252 g/mol. The van der Waals surface area contributed by atoms with Gasteiger partial charge < -0.3 is 9.73 Å². The van der Waals surface area contributed by atoms with Gasteiger partial charge in [-0.3, -0.25) is 0 Å². The van der Waals surface area contributed by atoms with Gasteiger partial charge in [-0.1, -0.05) is 0 Å². The van der Waals surface area contributed by atoms with E-state index in [0.29, 0.717) is 0 Å². The van der Waals surface area contributed by atoms with Crippen molar-refractivity contribution >= 4 is 23.1 Å². The Hall–Kier alpha value is -0.780. The molecule has 1 unspecified atom stereocenters. The van der Waals surface area contributed by atoms with Crippen molar-refractivity contribution in [3.63, 3.8) is 0 Å². The number of fused-ring (bicyclic) bond motifs is 1. The Bertz CT molecular complexity index is 492. The number of nitrogens with zero attached hydrogens (tertiary/aromatic N) is 1. The van der Waals surface area contributed by atoms with Crippen LogP contribution in [0.25, 0.3) is 0 Å². The highest BCUT2D eigenvalue weighted by Gasteiger charge is 2.25. The molecule has 2 aromatic rings. The fourth-order valence-corrected chi connectivity index (χ4v) is 3.46. The molecule has 0 amide bonds. The second kappa shape index (κ2) is 4.24. The van der Waals surface area contributed by atoms with Gasteiger partial charge in [-0.2, -0.15) is 0 Å². The van der Waals surface area contributed by atoms with Crippen molar-refractivity contribution in [3.8, 4) is 0 Å². The zero-order valence-corrected chi connectivity index (χ0v) is 10.5. The van der Waals surface area contributed by atoms with Crippen molar-refractivity contribution in [3.05, 3.63) is 34.9 Å². The van der Waals surface area contributed by atoms with Crippen LogP contribution in [0.5, 0.6) is 0 Å². The van der Waals surface area contributed by atoms with E-state index in [9.17, 15) is 0 Å². The molecule has 1 N–H and O–H groups in total. The second-order valence-corrected chi connectivity index (χ2v) is 5.83. The fourth-order valence-electron chi connectivity index (χ4n) is 1.97. The summed E-state index contributed by atoms with van der Waals surface area (Å²) >= 11 is 3.50. The molecule has 0 fully saturated rings. The molecule has 2 aromatic heterocycles. The van der Waals surface area contributed by atoms with Gasteiger partial charge in [-0.15, -0.1) is 23.1 Å². The first-order valence-corrected chi connectivity index (χ1v) is 7.22. The minimum absolute atomic E-state index is 0.216. The number of rotatable bonds is 2. The van der Waals surface area contributed by atoms with Gasteiger partial charge in [0.25, 0.3) is 0 Å². The lowest BCUT2D eigenvalue weighted by Gasteiger charge is -2.21. The maximum absolute atomic E-state index is 5.47. The van der Waals surface area contributed by atoms with Crippen molar-refractivity contribution in [2.24, 2.45) is 0 Å². The zero-order chi connectivity index (χ0) is 11.0. The molecule has 16 heavy (non-hydrogen) atoms. The van der Waals surface area contributed by atoms with Crippen molar-refractivity contribution < 1.29 is 4.42 Å². The molecule has 0 saturated carbocycles. The van der Waals surface area contributed by atoms with Gasteiger partial charge in [0.2, 0.25) is 0 Å². The van der Waals surface area contributed by atoms with Crippen LogP contribution in [0.15, 0.2) is 27.2 Å². The van der Waals surface area contributed by atoms with E-state index in [-0.39, 0.29) is 6.04 Å². The topological polar surface area (TPSA) is 38.1 Å². The van der Waals surface area contributed by atoms with Gasteiger partial charge in [0.1, 0.15) is 10.8 Å². The molecule has 0 saturated heterocycles. The van der Waals surface area contributed by atoms with Gasteiger partial charge in [-0.25, -0.2) is 4.98 Å². The number of furan rings is 1. The fraction of sp³-hybridized carbons (Fsp3) is 0.364. The SMILES string of the molecule is CSc1cnc(C2NCCc3occc32)s1. The van der Waals surface area contributed by atoms with Crippen LogP contribution in [0.2, 0.25) is 0 Å². The summed E-state index contributed by atoms with van der Waals surface area (Å²) in [6, 6.07) is 2.26. The van der Waals surface area contributed by atoms with E-state index in [1.807, 2.05) is 12.3 Å². The molecule has 3 rings (SSSR count). The first-order valence-electron chi connectivity index (χ1n) is 5.18. The number of thiazole rings is 1. The molecule has 0 aliphatic carbocycles. The highest BCUT2D eigenvalue weighted by Crippen LogP contribution is 2.33. The lowest BCUT2D eigenvalue weighted by atomic mass is 10.0. The van der Waals surface area contributed by atoms with E-state index in [1.54, 1.807) is 29.4 Å². The molecular weight excluding hydrogens is 240 g/mol. The van der Waals surface area contributed by atoms with Crippen LogP contribution in [0.4, 0.5) is 0 Å². The van der Waals surface area contributed by atoms with Gasteiger partial charge in [0, 0.05) is 18.5 Å². The van der Waals surface area contributed by atoms with Gasteiger partial charge >= 0.3 is 0 Å². The minimum Gasteiger partial charge on any atom is -0.469 e. The van der Waals surface area contributed by atoms with E-state index >= 15 is 0 Å². The van der Waals surface area contributed by atoms with Crippen molar-refractivity contribution in [2.45, 2.75) is 16.7 Å². The molecule has 1 aliphatic heterocycles. The number of hydrogen-bond acceptors (Lipinski definition) is 5. The Labute approximate surface area is 102 Å². The van der Waals surface area contributed by atoms with Crippen LogP contribution in [-0.4, -0.2) is 17.8 Å². The predicted molar refractivity (Wildman–Crippen MR) is 66.2 cm³/mol. The van der Waals surface area contributed by atoms with E-state index in [4.69, 9.17) is 4.42 Å². The summed E-state index contributed by atoms with van der Waals surface area (Å²) < 4.78 is 6.73. The largest absolute Gasteiger partial charge is 0.469 e. The summed E-state index contributed by atoms with van der Waals surface area (Å²) in [6.07, 6.45) is 6.77. The number of aromatic nitrogens is 1. The summed E-state index contributed by atoms with van der Waals surface area (Å²) in [6.45, 7) is 0.958. The van der Waals surface area contributed by atoms with Crippen molar-refractivity contribution in [1.82, 2.24) is 10.3 Å². The van der Waals surface area contributed by atoms with E-state index in [1.165, 1.54) is 9.77 Å². The van der Waals surface area contributed by atoms with E-state index in [0.717, 1.165) is 23.7 Å². The van der Waals surface area contributed by atoms with Crippen LogP contribution in [0.3, 0.4) is 0 Å².